The fraction of sp³-hybridized carbons (Fsp3) is 0.923. The number of nitrogens with two attached hydrogens (primary N) is 1. The number of rotatable bonds is 8. The molecule has 1 unspecified atom stereocenters. The summed E-state index contributed by atoms with van der Waals surface area (Å²) in [6, 6.07) is 0.492. The number of nitrogens with zero attached hydrogens (tertiary/aromatic N) is 1. The molecule has 1 amide bonds. The molecular formula is C13H27N3O. The van der Waals surface area contributed by atoms with E-state index in [0.29, 0.717) is 18.5 Å². The van der Waals surface area contributed by atoms with Crippen LogP contribution in [0.25, 0.3) is 0 Å². The molecule has 0 heterocycles. The largest absolute Gasteiger partial charge is 0.368 e. The Morgan fingerprint density at radius 1 is 1.53 bits per heavy atom. The first-order valence-electron chi connectivity index (χ1n) is 6.59. The van der Waals surface area contributed by atoms with Crippen LogP contribution in [-0.4, -0.2) is 42.5 Å². The van der Waals surface area contributed by atoms with Crippen LogP contribution in [-0.2, 0) is 4.79 Å². The summed E-state index contributed by atoms with van der Waals surface area (Å²) in [5, 5.41) is 3.37. The number of amides is 1. The number of carbonyl (C=O) groups excluding carboxylic acids is 1. The van der Waals surface area contributed by atoms with Gasteiger partial charge in [-0.2, -0.15) is 0 Å². The first-order chi connectivity index (χ1) is 7.83. The Balaban J connectivity index is 2.44. The van der Waals surface area contributed by atoms with Crippen LogP contribution < -0.4 is 11.1 Å². The highest BCUT2D eigenvalue weighted by molar-refractivity contribution is 5.84. The van der Waals surface area contributed by atoms with Gasteiger partial charge in [-0.25, -0.2) is 0 Å². The molecule has 1 fully saturated rings. The zero-order chi connectivity index (χ0) is 13.1. The molecule has 1 aliphatic carbocycles. The summed E-state index contributed by atoms with van der Waals surface area (Å²) in [4.78, 5) is 13.8. The maximum atomic E-state index is 11.6. The van der Waals surface area contributed by atoms with Gasteiger partial charge in [0.15, 0.2) is 0 Å². The molecule has 0 saturated heterocycles. The maximum Gasteiger partial charge on any atom is 0.238 e. The van der Waals surface area contributed by atoms with Crippen LogP contribution in [0.2, 0.25) is 0 Å². The third kappa shape index (κ3) is 5.04. The van der Waals surface area contributed by atoms with Crippen molar-refractivity contribution in [1.29, 1.82) is 0 Å². The normalized spacial score (nSPS) is 19.6. The number of nitrogens with one attached hydrogen (secondary N) is 1. The minimum Gasteiger partial charge on any atom is -0.368 e. The third-order valence-electron chi connectivity index (χ3n) is 3.32. The highest BCUT2D eigenvalue weighted by atomic mass is 16.1. The van der Waals surface area contributed by atoms with Crippen molar-refractivity contribution in [2.45, 2.75) is 51.6 Å². The number of primary amides is 1. The van der Waals surface area contributed by atoms with Crippen LogP contribution in [0.1, 0.15) is 40.0 Å². The summed E-state index contributed by atoms with van der Waals surface area (Å²) in [6.45, 7) is 8.03. The van der Waals surface area contributed by atoms with Crippen molar-refractivity contribution in [3.8, 4) is 0 Å². The Labute approximate surface area is 105 Å². The van der Waals surface area contributed by atoms with E-state index >= 15 is 0 Å². The van der Waals surface area contributed by atoms with Gasteiger partial charge < -0.3 is 10.6 Å². The second-order valence-electron chi connectivity index (χ2n) is 6.04. The van der Waals surface area contributed by atoms with E-state index in [1.54, 1.807) is 0 Å². The Hall–Kier alpha value is -0.610. The molecule has 0 bridgehead atoms. The molecule has 0 aromatic rings. The van der Waals surface area contributed by atoms with Gasteiger partial charge in [0.2, 0.25) is 5.91 Å². The molecule has 0 spiro atoms. The van der Waals surface area contributed by atoms with Crippen LogP contribution in [0.4, 0.5) is 0 Å². The predicted molar refractivity (Wildman–Crippen MR) is 70.7 cm³/mol. The first-order valence-corrected chi connectivity index (χ1v) is 6.59. The van der Waals surface area contributed by atoms with Gasteiger partial charge in [0, 0.05) is 12.6 Å². The Kier molecular flexibility index (Phi) is 4.95. The van der Waals surface area contributed by atoms with Crippen molar-refractivity contribution in [3.63, 3.8) is 0 Å². The molecule has 3 N–H and O–H groups in total. The van der Waals surface area contributed by atoms with Crippen LogP contribution in [0.15, 0.2) is 0 Å². The summed E-state index contributed by atoms with van der Waals surface area (Å²) < 4.78 is 0. The van der Waals surface area contributed by atoms with Gasteiger partial charge >= 0.3 is 0 Å². The van der Waals surface area contributed by atoms with Crippen LogP contribution >= 0.6 is 0 Å². The predicted octanol–water partition coefficient (Wildman–Crippen LogP) is 0.960. The summed E-state index contributed by atoms with van der Waals surface area (Å²) in [5.41, 5.74) is 4.93. The summed E-state index contributed by atoms with van der Waals surface area (Å²) in [5.74, 6) is 0.439. The average molecular weight is 241 g/mol. The van der Waals surface area contributed by atoms with Crippen LogP contribution in [0.3, 0.4) is 0 Å². The standard InChI is InChI=1S/C13H27N3O/c1-10(2)7-8-16(4)9-13(3,12(14)17)15-11-5-6-11/h10-11,15H,5-9H2,1-4H3,(H2,14,17). The minimum absolute atomic E-state index is 0.249. The lowest BCUT2D eigenvalue weighted by molar-refractivity contribution is -0.124. The van der Waals surface area contributed by atoms with Crippen molar-refractivity contribution < 1.29 is 4.79 Å². The van der Waals surface area contributed by atoms with Gasteiger partial charge in [0.1, 0.15) is 5.54 Å². The van der Waals surface area contributed by atoms with Crippen LogP contribution in [0, 0.1) is 5.92 Å². The Bertz CT molecular complexity index is 263. The van der Waals surface area contributed by atoms with E-state index in [1.165, 1.54) is 12.8 Å². The van der Waals surface area contributed by atoms with E-state index in [4.69, 9.17) is 5.73 Å². The van der Waals surface area contributed by atoms with Crippen molar-refractivity contribution in [1.82, 2.24) is 10.2 Å². The highest BCUT2D eigenvalue weighted by Gasteiger charge is 2.37. The van der Waals surface area contributed by atoms with E-state index in [1.807, 2.05) is 6.92 Å². The van der Waals surface area contributed by atoms with Crippen LogP contribution in [0.5, 0.6) is 0 Å². The molecule has 4 nitrogen and oxygen atoms in total. The van der Waals surface area contributed by atoms with Crippen molar-refractivity contribution >= 4 is 5.91 Å². The molecule has 17 heavy (non-hydrogen) atoms. The molecule has 1 rings (SSSR count). The summed E-state index contributed by atoms with van der Waals surface area (Å²) >= 11 is 0. The van der Waals surface area contributed by atoms with E-state index in [2.05, 4.69) is 31.1 Å². The van der Waals surface area contributed by atoms with Gasteiger partial charge in [-0.1, -0.05) is 13.8 Å². The lowest BCUT2D eigenvalue weighted by atomic mass is 10.00. The second kappa shape index (κ2) is 5.83. The molecule has 0 radical (unpaired) electrons. The SMILES string of the molecule is CC(C)CCN(C)CC(C)(NC1CC1)C(N)=O. The fourth-order valence-corrected chi connectivity index (χ4v) is 1.97. The zero-order valence-corrected chi connectivity index (χ0v) is 11.6. The molecule has 1 atom stereocenters. The second-order valence-corrected chi connectivity index (χ2v) is 6.04. The van der Waals surface area contributed by atoms with Gasteiger partial charge in [-0.05, 0) is 45.7 Å². The topological polar surface area (TPSA) is 58.4 Å². The lowest BCUT2D eigenvalue weighted by Gasteiger charge is -2.32. The number of hydrogen-bond acceptors (Lipinski definition) is 3. The monoisotopic (exact) mass is 241 g/mol. The summed E-state index contributed by atoms with van der Waals surface area (Å²) in [6.07, 6.45) is 3.48. The lowest BCUT2D eigenvalue weighted by Crippen LogP contribution is -2.59. The molecule has 0 aromatic carbocycles. The van der Waals surface area contributed by atoms with Gasteiger partial charge in [0.05, 0.1) is 0 Å². The maximum absolute atomic E-state index is 11.6. The molecule has 4 heteroatoms. The molecule has 0 aliphatic heterocycles. The van der Waals surface area contributed by atoms with Gasteiger partial charge in [-0.3, -0.25) is 10.1 Å². The Morgan fingerprint density at radius 2 is 2.12 bits per heavy atom. The van der Waals surface area contributed by atoms with Crippen molar-refractivity contribution in [2.24, 2.45) is 11.7 Å². The summed E-state index contributed by atoms with van der Waals surface area (Å²) in [7, 11) is 2.05. The molecule has 1 aliphatic rings. The molecular weight excluding hydrogens is 214 g/mol. The number of carbonyl (C=O) groups is 1. The Morgan fingerprint density at radius 3 is 2.53 bits per heavy atom. The smallest absolute Gasteiger partial charge is 0.238 e. The zero-order valence-electron chi connectivity index (χ0n) is 11.6. The van der Waals surface area contributed by atoms with E-state index < -0.39 is 5.54 Å². The first kappa shape index (κ1) is 14.5. The molecule has 100 valence electrons. The molecule has 1 saturated carbocycles. The minimum atomic E-state index is -0.590. The fourth-order valence-electron chi connectivity index (χ4n) is 1.97. The van der Waals surface area contributed by atoms with E-state index in [0.717, 1.165) is 13.0 Å². The van der Waals surface area contributed by atoms with Gasteiger partial charge in [0.25, 0.3) is 0 Å². The van der Waals surface area contributed by atoms with Gasteiger partial charge in [-0.15, -0.1) is 0 Å². The van der Waals surface area contributed by atoms with E-state index in [9.17, 15) is 4.79 Å². The van der Waals surface area contributed by atoms with Crippen molar-refractivity contribution in [3.05, 3.63) is 0 Å². The third-order valence-corrected chi connectivity index (χ3v) is 3.32. The highest BCUT2D eigenvalue weighted by Crippen LogP contribution is 2.22. The average Bonchev–Trinajstić information content (AvgIpc) is 2.98. The number of hydrogen-bond donors (Lipinski definition) is 2. The number of likely N-dealkylation sites (N-methyl/N-ethyl adjacent to an activating group) is 1. The quantitative estimate of drug-likeness (QED) is 0.665. The van der Waals surface area contributed by atoms with Crippen molar-refractivity contribution in [2.75, 3.05) is 20.1 Å². The molecule has 0 aromatic heterocycles. The van der Waals surface area contributed by atoms with E-state index in [-0.39, 0.29) is 5.91 Å².